The molecule has 0 spiro atoms. The van der Waals surface area contributed by atoms with E-state index < -0.39 is 0 Å². The van der Waals surface area contributed by atoms with Gasteiger partial charge >= 0.3 is 0 Å². The first-order valence-electron chi connectivity index (χ1n) is 4.74. The number of rotatable bonds is 3. The van der Waals surface area contributed by atoms with Crippen LogP contribution >= 0.6 is 11.6 Å². The van der Waals surface area contributed by atoms with Crippen LogP contribution in [0.2, 0.25) is 0 Å². The summed E-state index contributed by atoms with van der Waals surface area (Å²) in [6.45, 7) is 0. The van der Waals surface area contributed by atoms with Crippen molar-refractivity contribution in [2.75, 3.05) is 19.5 Å². The molecule has 0 aliphatic rings. The summed E-state index contributed by atoms with van der Waals surface area (Å²) in [6, 6.07) is 8.71. The number of benzene rings is 1. The Morgan fingerprint density at radius 2 is 2.00 bits per heavy atom. The van der Waals surface area contributed by atoms with Gasteiger partial charge < -0.3 is 10.1 Å². The summed E-state index contributed by atoms with van der Waals surface area (Å²) < 4.78 is 5.17. The quantitative estimate of drug-likeness (QED) is 0.834. The SMILES string of the molecule is CNc1ccc(C(Cl)=C(C#N)C#N)c(OC)c1. The molecule has 1 N–H and O–H groups in total. The van der Waals surface area contributed by atoms with Gasteiger partial charge in [0, 0.05) is 24.4 Å². The lowest BCUT2D eigenvalue weighted by Crippen LogP contribution is -1.94. The van der Waals surface area contributed by atoms with Crippen LogP contribution in [0.5, 0.6) is 5.75 Å². The second-order valence-corrected chi connectivity index (χ2v) is 3.46. The molecule has 0 fully saturated rings. The van der Waals surface area contributed by atoms with Gasteiger partial charge in [-0.2, -0.15) is 10.5 Å². The van der Waals surface area contributed by atoms with E-state index in [4.69, 9.17) is 26.9 Å². The normalized spacial score (nSPS) is 8.76. The molecule has 0 aliphatic carbocycles. The van der Waals surface area contributed by atoms with Crippen LogP contribution in [-0.2, 0) is 0 Å². The zero-order valence-electron chi connectivity index (χ0n) is 9.41. The molecule has 0 saturated carbocycles. The van der Waals surface area contributed by atoms with Crippen LogP contribution in [0.1, 0.15) is 5.56 Å². The first kappa shape index (κ1) is 12.9. The second kappa shape index (κ2) is 5.79. The fourth-order valence-electron chi connectivity index (χ4n) is 1.29. The van der Waals surface area contributed by atoms with Crippen molar-refractivity contribution in [1.29, 1.82) is 10.5 Å². The zero-order valence-corrected chi connectivity index (χ0v) is 10.2. The number of anilines is 1. The number of halogens is 1. The number of nitriles is 2. The molecular formula is C12H10ClN3O. The standard InChI is InChI=1S/C12H10ClN3O/c1-16-9-3-4-10(11(5-9)17-2)12(13)8(6-14)7-15/h3-5,16H,1-2H3. The highest BCUT2D eigenvalue weighted by Gasteiger charge is 2.12. The molecule has 0 aromatic heterocycles. The van der Waals surface area contributed by atoms with E-state index >= 15 is 0 Å². The van der Waals surface area contributed by atoms with Gasteiger partial charge in [-0.1, -0.05) is 11.6 Å². The molecule has 0 saturated heterocycles. The number of hydrogen-bond donors (Lipinski definition) is 1. The molecule has 0 bridgehead atoms. The third-order valence-electron chi connectivity index (χ3n) is 2.17. The Labute approximate surface area is 105 Å². The summed E-state index contributed by atoms with van der Waals surface area (Å²) in [4.78, 5) is 0. The number of nitrogens with zero attached hydrogens (tertiary/aromatic N) is 2. The van der Waals surface area contributed by atoms with Crippen LogP contribution in [0.25, 0.3) is 5.03 Å². The van der Waals surface area contributed by atoms with Gasteiger partial charge in [-0.3, -0.25) is 0 Å². The van der Waals surface area contributed by atoms with Crippen LogP contribution in [0.15, 0.2) is 23.8 Å². The van der Waals surface area contributed by atoms with E-state index in [9.17, 15) is 0 Å². The van der Waals surface area contributed by atoms with Crippen LogP contribution in [0, 0.1) is 22.7 Å². The molecule has 1 aromatic carbocycles. The Balaban J connectivity index is 3.39. The molecule has 0 radical (unpaired) electrons. The van der Waals surface area contributed by atoms with E-state index in [2.05, 4.69) is 5.32 Å². The van der Waals surface area contributed by atoms with E-state index in [-0.39, 0.29) is 10.6 Å². The summed E-state index contributed by atoms with van der Waals surface area (Å²) in [5.41, 5.74) is 1.24. The number of nitrogens with one attached hydrogen (secondary N) is 1. The monoisotopic (exact) mass is 247 g/mol. The first-order valence-corrected chi connectivity index (χ1v) is 5.11. The minimum Gasteiger partial charge on any atom is -0.496 e. The molecule has 1 aromatic rings. The maximum Gasteiger partial charge on any atom is 0.148 e. The van der Waals surface area contributed by atoms with E-state index in [0.717, 1.165) is 5.69 Å². The Morgan fingerprint density at radius 3 is 2.47 bits per heavy atom. The topological polar surface area (TPSA) is 68.8 Å². The van der Waals surface area contributed by atoms with Crippen molar-refractivity contribution < 1.29 is 4.74 Å². The van der Waals surface area contributed by atoms with Crippen molar-refractivity contribution in [3.63, 3.8) is 0 Å². The lowest BCUT2D eigenvalue weighted by Gasteiger charge is -2.09. The fourth-order valence-corrected chi connectivity index (χ4v) is 1.53. The predicted octanol–water partition coefficient (Wildman–Crippen LogP) is 2.73. The van der Waals surface area contributed by atoms with Gasteiger partial charge in [-0.25, -0.2) is 0 Å². The molecular weight excluding hydrogens is 238 g/mol. The number of allylic oxidation sites excluding steroid dienone is 1. The first-order chi connectivity index (χ1) is 8.17. The molecule has 0 atom stereocenters. The Hall–Kier alpha value is -2.17. The summed E-state index contributed by atoms with van der Waals surface area (Å²) in [7, 11) is 3.28. The van der Waals surface area contributed by atoms with Gasteiger partial charge in [0.15, 0.2) is 0 Å². The van der Waals surface area contributed by atoms with Crippen molar-refractivity contribution in [2.24, 2.45) is 0 Å². The molecule has 0 amide bonds. The maximum atomic E-state index is 8.75. The zero-order chi connectivity index (χ0) is 12.8. The maximum absolute atomic E-state index is 8.75. The predicted molar refractivity (Wildman–Crippen MR) is 66.5 cm³/mol. The minimum atomic E-state index is -0.137. The van der Waals surface area contributed by atoms with E-state index in [1.54, 1.807) is 37.4 Å². The lowest BCUT2D eigenvalue weighted by atomic mass is 10.1. The molecule has 86 valence electrons. The van der Waals surface area contributed by atoms with Gasteiger partial charge in [0.1, 0.15) is 23.5 Å². The van der Waals surface area contributed by atoms with E-state index in [1.165, 1.54) is 7.11 Å². The summed E-state index contributed by atoms with van der Waals surface area (Å²) >= 11 is 5.99. The van der Waals surface area contributed by atoms with Gasteiger partial charge in [0.2, 0.25) is 0 Å². The molecule has 0 heterocycles. The fraction of sp³-hybridized carbons (Fsp3) is 0.167. The van der Waals surface area contributed by atoms with Crippen molar-refractivity contribution in [2.45, 2.75) is 0 Å². The minimum absolute atomic E-state index is 0.0921. The smallest absolute Gasteiger partial charge is 0.148 e. The number of methoxy groups -OCH3 is 1. The molecule has 5 heteroatoms. The van der Waals surface area contributed by atoms with Gasteiger partial charge in [-0.15, -0.1) is 0 Å². The Morgan fingerprint density at radius 1 is 1.35 bits per heavy atom. The highest BCUT2D eigenvalue weighted by Crippen LogP contribution is 2.33. The second-order valence-electron chi connectivity index (χ2n) is 3.08. The van der Waals surface area contributed by atoms with Gasteiger partial charge in [0.05, 0.1) is 12.1 Å². The van der Waals surface area contributed by atoms with Crippen molar-refractivity contribution >= 4 is 22.3 Å². The van der Waals surface area contributed by atoms with Crippen molar-refractivity contribution in [3.8, 4) is 17.9 Å². The molecule has 4 nitrogen and oxygen atoms in total. The highest BCUT2D eigenvalue weighted by molar-refractivity contribution is 6.50. The number of ether oxygens (including phenoxy) is 1. The van der Waals surface area contributed by atoms with Gasteiger partial charge in [-0.05, 0) is 12.1 Å². The van der Waals surface area contributed by atoms with Crippen LogP contribution < -0.4 is 10.1 Å². The van der Waals surface area contributed by atoms with E-state index in [1.807, 2.05) is 0 Å². The van der Waals surface area contributed by atoms with Crippen LogP contribution in [-0.4, -0.2) is 14.2 Å². The van der Waals surface area contributed by atoms with Crippen molar-refractivity contribution in [1.82, 2.24) is 0 Å². The average molecular weight is 248 g/mol. The Kier molecular flexibility index (Phi) is 4.39. The molecule has 0 unspecified atom stereocenters. The highest BCUT2D eigenvalue weighted by atomic mass is 35.5. The third-order valence-corrected chi connectivity index (χ3v) is 2.56. The average Bonchev–Trinajstić information content (AvgIpc) is 2.39. The summed E-state index contributed by atoms with van der Waals surface area (Å²) in [5, 5.41) is 20.6. The number of hydrogen-bond acceptors (Lipinski definition) is 4. The molecule has 17 heavy (non-hydrogen) atoms. The Bertz CT molecular complexity index is 522. The van der Waals surface area contributed by atoms with Crippen LogP contribution in [0.3, 0.4) is 0 Å². The molecule has 1 rings (SSSR count). The summed E-state index contributed by atoms with van der Waals surface area (Å²) in [6.07, 6.45) is 0. The van der Waals surface area contributed by atoms with Crippen LogP contribution in [0.4, 0.5) is 5.69 Å². The summed E-state index contributed by atoms with van der Waals surface area (Å²) in [5.74, 6) is 0.504. The van der Waals surface area contributed by atoms with E-state index in [0.29, 0.717) is 11.3 Å². The van der Waals surface area contributed by atoms with Gasteiger partial charge in [0.25, 0.3) is 0 Å². The largest absolute Gasteiger partial charge is 0.496 e. The molecule has 0 aliphatic heterocycles. The lowest BCUT2D eigenvalue weighted by molar-refractivity contribution is 0.414. The van der Waals surface area contributed by atoms with Crippen molar-refractivity contribution in [3.05, 3.63) is 29.3 Å². The third kappa shape index (κ3) is 2.69.